The van der Waals surface area contributed by atoms with E-state index >= 15 is 0 Å². The Hall–Kier alpha value is -1.10. The average molecular weight is 161 g/mol. The number of carbonyl (C=O) groups is 2. The minimum atomic E-state index is -0.935. The van der Waals surface area contributed by atoms with Gasteiger partial charge >= 0.3 is 5.97 Å². The molecule has 0 fully saturated rings. The van der Waals surface area contributed by atoms with Crippen LogP contribution in [-0.4, -0.2) is 22.2 Å². The van der Waals surface area contributed by atoms with Gasteiger partial charge in [-0.05, 0) is 6.42 Å². The summed E-state index contributed by atoms with van der Waals surface area (Å²) in [4.78, 5) is 20.6. The molecular formula is C6H11NO4. The minimum absolute atomic E-state index is 0.0317. The number of carboxylic acids is 1. The fourth-order valence-corrected chi connectivity index (χ4v) is 0.527. The van der Waals surface area contributed by atoms with E-state index in [2.05, 4.69) is 0 Å². The lowest BCUT2D eigenvalue weighted by molar-refractivity contribution is -0.141. The van der Waals surface area contributed by atoms with Crippen LogP contribution in [-0.2, 0) is 9.59 Å². The highest BCUT2D eigenvalue weighted by atomic mass is 16.5. The van der Waals surface area contributed by atoms with Gasteiger partial charge in [-0.2, -0.15) is 0 Å². The van der Waals surface area contributed by atoms with Crippen LogP contribution in [0.4, 0.5) is 0 Å². The van der Waals surface area contributed by atoms with Gasteiger partial charge in [-0.3, -0.25) is 14.8 Å². The van der Waals surface area contributed by atoms with Crippen molar-refractivity contribution < 1.29 is 19.9 Å². The fraction of sp³-hybridized carbons (Fsp3) is 0.667. The number of rotatable bonds is 4. The molecule has 3 N–H and O–H groups in total. The lowest BCUT2D eigenvalue weighted by atomic mass is 10.1. The lowest BCUT2D eigenvalue weighted by Crippen LogP contribution is -2.20. The van der Waals surface area contributed by atoms with E-state index in [9.17, 15) is 9.59 Å². The third-order valence-electron chi connectivity index (χ3n) is 1.35. The van der Waals surface area contributed by atoms with E-state index in [1.807, 2.05) is 0 Å². The summed E-state index contributed by atoms with van der Waals surface area (Å²) >= 11 is 0. The molecule has 1 atom stereocenters. The first kappa shape index (κ1) is 9.90. The van der Waals surface area contributed by atoms with E-state index in [4.69, 9.17) is 10.3 Å². The van der Waals surface area contributed by atoms with E-state index in [0.717, 1.165) is 0 Å². The van der Waals surface area contributed by atoms with Crippen molar-refractivity contribution >= 4 is 11.9 Å². The molecule has 0 bridgehead atoms. The third kappa shape index (κ3) is 4.32. The van der Waals surface area contributed by atoms with E-state index in [1.165, 1.54) is 12.4 Å². The minimum Gasteiger partial charge on any atom is -0.481 e. The topological polar surface area (TPSA) is 86.6 Å². The average Bonchev–Trinajstić information content (AvgIpc) is 1.99. The number of hydroxylamine groups is 1. The normalized spacial score (nSPS) is 12.2. The molecule has 0 heterocycles. The highest BCUT2D eigenvalue weighted by Gasteiger charge is 2.11. The molecule has 64 valence electrons. The van der Waals surface area contributed by atoms with Gasteiger partial charge in [-0.25, -0.2) is 5.48 Å². The largest absolute Gasteiger partial charge is 0.481 e. The fourth-order valence-electron chi connectivity index (χ4n) is 0.527. The summed E-state index contributed by atoms with van der Waals surface area (Å²) in [6.45, 7) is 1.51. The van der Waals surface area contributed by atoms with Gasteiger partial charge in [-0.1, -0.05) is 6.92 Å². The van der Waals surface area contributed by atoms with Crippen LogP contribution >= 0.6 is 0 Å². The van der Waals surface area contributed by atoms with E-state index < -0.39 is 17.8 Å². The predicted molar refractivity (Wildman–Crippen MR) is 36.0 cm³/mol. The predicted octanol–water partition coefficient (Wildman–Crippen LogP) is -0.00730. The Labute approximate surface area is 64.0 Å². The maximum absolute atomic E-state index is 10.4. The number of hydrogen-bond acceptors (Lipinski definition) is 3. The number of aliphatic carboxylic acids is 1. The van der Waals surface area contributed by atoms with Crippen molar-refractivity contribution in [3.8, 4) is 0 Å². The number of carbonyl (C=O) groups excluding carboxylic acids is 1. The zero-order chi connectivity index (χ0) is 8.85. The van der Waals surface area contributed by atoms with Crippen LogP contribution in [0.15, 0.2) is 0 Å². The molecule has 0 aliphatic carbocycles. The van der Waals surface area contributed by atoms with Crippen molar-refractivity contribution in [2.75, 3.05) is 0 Å². The summed E-state index contributed by atoms with van der Waals surface area (Å²) < 4.78 is 0. The Morgan fingerprint density at radius 1 is 1.55 bits per heavy atom. The summed E-state index contributed by atoms with van der Waals surface area (Å²) in [6.07, 6.45) is 0.270. The second-order valence-electron chi connectivity index (χ2n) is 2.31. The molecule has 5 nitrogen and oxygen atoms in total. The standard InChI is InChI=1S/C6H11NO4/c1-4(6(9)10)2-3-5(8)7-11/h4,11H,2-3H2,1H3,(H,7,8)(H,9,10). The zero-order valence-corrected chi connectivity index (χ0v) is 6.20. The van der Waals surface area contributed by atoms with Crippen molar-refractivity contribution in [3.63, 3.8) is 0 Å². The van der Waals surface area contributed by atoms with Crippen LogP contribution in [0.1, 0.15) is 19.8 Å². The van der Waals surface area contributed by atoms with Gasteiger partial charge < -0.3 is 5.11 Å². The number of carboxylic acid groups (broad SMARTS) is 1. The van der Waals surface area contributed by atoms with Crippen molar-refractivity contribution in [1.29, 1.82) is 0 Å². The van der Waals surface area contributed by atoms with Crippen LogP contribution in [0, 0.1) is 5.92 Å². The molecular weight excluding hydrogens is 150 g/mol. The summed E-state index contributed by atoms with van der Waals surface area (Å²) in [5.41, 5.74) is 1.43. The van der Waals surface area contributed by atoms with Gasteiger partial charge in [0.25, 0.3) is 0 Å². The molecule has 11 heavy (non-hydrogen) atoms. The smallest absolute Gasteiger partial charge is 0.306 e. The van der Waals surface area contributed by atoms with Crippen LogP contribution < -0.4 is 5.48 Å². The molecule has 0 rings (SSSR count). The second kappa shape index (κ2) is 4.68. The molecule has 0 aromatic heterocycles. The summed E-state index contributed by atoms with van der Waals surface area (Å²) in [5.74, 6) is -2.04. The molecule has 0 radical (unpaired) electrons. The van der Waals surface area contributed by atoms with Gasteiger partial charge in [0, 0.05) is 6.42 Å². The molecule has 0 spiro atoms. The van der Waals surface area contributed by atoms with Crippen LogP contribution in [0.2, 0.25) is 0 Å². The highest BCUT2D eigenvalue weighted by Crippen LogP contribution is 2.04. The summed E-state index contributed by atoms with van der Waals surface area (Å²) in [7, 11) is 0. The highest BCUT2D eigenvalue weighted by molar-refractivity contribution is 5.76. The lowest BCUT2D eigenvalue weighted by Gasteiger charge is -2.03. The zero-order valence-electron chi connectivity index (χ0n) is 6.20. The molecule has 0 saturated carbocycles. The van der Waals surface area contributed by atoms with Crippen LogP contribution in [0.5, 0.6) is 0 Å². The first-order valence-corrected chi connectivity index (χ1v) is 3.23. The first-order valence-electron chi connectivity index (χ1n) is 3.23. The second-order valence-corrected chi connectivity index (χ2v) is 2.31. The quantitative estimate of drug-likeness (QED) is 0.400. The van der Waals surface area contributed by atoms with Gasteiger partial charge in [-0.15, -0.1) is 0 Å². The monoisotopic (exact) mass is 161 g/mol. The Kier molecular flexibility index (Phi) is 4.21. The van der Waals surface area contributed by atoms with Crippen molar-refractivity contribution in [2.45, 2.75) is 19.8 Å². The molecule has 1 amide bonds. The van der Waals surface area contributed by atoms with Crippen LogP contribution in [0.25, 0.3) is 0 Å². The molecule has 0 aliphatic rings. The number of amides is 1. The molecule has 5 heteroatoms. The van der Waals surface area contributed by atoms with Crippen molar-refractivity contribution in [3.05, 3.63) is 0 Å². The third-order valence-corrected chi connectivity index (χ3v) is 1.35. The molecule has 0 aliphatic heterocycles. The Bertz CT molecular complexity index is 157. The summed E-state index contributed by atoms with van der Waals surface area (Å²) in [6, 6.07) is 0. The molecule has 0 aromatic carbocycles. The maximum Gasteiger partial charge on any atom is 0.306 e. The summed E-state index contributed by atoms with van der Waals surface area (Å²) in [5, 5.41) is 16.4. The number of nitrogens with one attached hydrogen (secondary N) is 1. The number of hydrogen-bond donors (Lipinski definition) is 3. The Balaban J connectivity index is 3.54. The SMILES string of the molecule is CC(CCC(=O)NO)C(=O)O. The first-order chi connectivity index (χ1) is 5.07. The van der Waals surface area contributed by atoms with Gasteiger partial charge in [0.05, 0.1) is 5.92 Å². The maximum atomic E-state index is 10.4. The van der Waals surface area contributed by atoms with E-state index in [1.54, 1.807) is 0 Å². The molecule has 0 aromatic rings. The van der Waals surface area contributed by atoms with Gasteiger partial charge in [0.2, 0.25) is 5.91 Å². The van der Waals surface area contributed by atoms with Gasteiger partial charge in [0.15, 0.2) is 0 Å². The van der Waals surface area contributed by atoms with E-state index in [-0.39, 0.29) is 12.8 Å². The molecule has 1 unspecified atom stereocenters. The Morgan fingerprint density at radius 3 is 2.45 bits per heavy atom. The van der Waals surface area contributed by atoms with Crippen LogP contribution in [0.3, 0.4) is 0 Å². The van der Waals surface area contributed by atoms with Crippen molar-refractivity contribution in [2.24, 2.45) is 5.92 Å². The van der Waals surface area contributed by atoms with Crippen molar-refractivity contribution in [1.82, 2.24) is 5.48 Å². The Morgan fingerprint density at radius 2 is 2.09 bits per heavy atom. The van der Waals surface area contributed by atoms with E-state index in [0.29, 0.717) is 0 Å². The van der Waals surface area contributed by atoms with Gasteiger partial charge in [0.1, 0.15) is 0 Å². The molecule has 0 saturated heterocycles.